The summed E-state index contributed by atoms with van der Waals surface area (Å²) in [4.78, 5) is 4.43. The quantitative estimate of drug-likeness (QED) is 0.875. The fourth-order valence-corrected chi connectivity index (χ4v) is 5.27. The Morgan fingerprint density at radius 1 is 1.47 bits per heavy atom. The zero-order valence-corrected chi connectivity index (χ0v) is 13.9. The van der Waals surface area contributed by atoms with Gasteiger partial charge in [-0.2, -0.15) is 0 Å². The minimum atomic E-state index is 0.460. The van der Waals surface area contributed by atoms with E-state index in [0.29, 0.717) is 16.6 Å². The molecule has 108 valence electrons. The second-order valence-corrected chi connectivity index (χ2v) is 8.68. The highest BCUT2D eigenvalue weighted by atomic mass is 32.2. The summed E-state index contributed by atoms with van der Waals surface area (Å²) in [6.45, 7) is 7.98. The lowest BCUT2D eigenvalue weighted by molar-refractivity contribution is 0.134. The third kappa shape index (κ3) is 3.73. The Kier molecular flexibility index (Phi) is 5.32. The standard InChI is InChI=1S/C15H26N2S2/c1-4-15(2,3)12-6-5-11(10-16)13(9-12)19-14-17-7-8-18-14/h7-8,11-13H,4-6,9-10,16H2,1-3H3. The topological polar surface area (TPSA) is 38.9 Å². The average Bonchev–Trinajstić information content (AvgIpc) is 2.91. The van der Waals surface area contributed by atoms with Gasteiger partial charge in [0.25, 0.3) is 0 Å². The van der Waals surface area contributed by atoms with Crippen LogP contribution in [0.2, 0.25) is 0 Å². The first kappa shape index (κ1) is 15.3. The molecule has 1 aromatic heterocycles. The van der Waals surface area contributed by atoms with Crippen molar-refractivity contribution in [1.82, 2.24) is 4.98 Å². The predicted molar refractivity (Wildman–Crippen MR) is 85.7 cm³/mol. The van der Waals surface area contributed by atoms with Crippen molar-refractivity contribution < 1.29 is 0 Å². The maximum atomic E-state index is 5.98. The number of thioether (sulfide) groups is 1. The van der Waals surface area contributed by atoms with Crippen molar-refractivity contribution in [3.63, 3.8) is 0 Å². The Labute approximate surface area is 125 Å². The molecule has 4 heteroatoms. The molecule has 0 aliphatic heterocycles. The number of nitrogens with two attached hydrogens (primary N) is 1. The van der Waals surface area contributed by atoms with Crippen LogP contribution in [0.1, 0.15) is 46.5 Å². The van der Waals surface area contributed by atoms with Crippen LogP contribution in [-0.2, 0) is 0 Å². The van der Waals surface area contributed by atoms with Gasteiger partial charge in [0.2, 0.25) is 0 Å². The molecule has 2 nitrogen and oxygen atoms in total. The van der Waals surface area contributed by atoms with Gasteiger partial charge >= 0.3 is 0 Å². The Morgan fingerprint density at radius 3 is 2.84 bits per heavy atom. The Morgan fingerprint density at radius 2 is 2.26 bits per heavy atom. The van der Waals surface area contributed by atoms with E-state index in [1.54, 1.807) is 11.3 Å². The highest BCUT2D eigenvalue weighted by Crippen LogP contribution is 2.47. The van der Waals surface area contributed by atoms with E-state index >= 15 is 0 Å². The van der Waals surface area contributed by atoms with Crippen molar-refractivity contribution in [3.05, 3.63) is 11.6 Å². The van der Waals surface area contributed by atoms with Crippen LogP contribution in [0.3, 0.4) is 0 Å². The number of rotatable bonds is 5. The molecule has 2 N–H and O–H groups in total. The predicted octanol–water partition coefficient (Wildman–Crippen LogP) is 4.42. The first-order chi connectivity index (χ1) is 9.06. The number of aromatic nitrogens is 1. The van der Waals surface area contributed by atoms with Gasteiger partial charge in [-0.3, -0.25) is 0 Å². The molecule has 0 spiro atoms. The molecule has 0 aromatic carbocycles. The van der Waals surface area contributed by atoms with Crippen LogP contribution in [0.4, 0.5) is 0 Å². The third-order valence-corrected chi connectivity index (χ3v) is 7.24. The van der Waals surface area contributed by atoms with E-state index < -0.39 is 0 Å². The summed E-state index contributed by atoms with van der Waals surface area (Å²) in [7, 11) is 0. The zero-order chi connectivity index (χ0) is 13.9. The van der Waals surface area contributed by atoms with E-state index in [1.807, 2.05) is 18.0 Å². The lowest BCUT2D eigenvalue weighted by Crippen LogP contribution is -2.37. The molecule has 3 unspecified atom stereocenters. The van der Waals surface area contributed by atoms with Gasteiger partial charge in [0.05, 0.1) is 0 Å². The highest BCUT2D eigenvalue weighted by molar-refractivity contribution is 8.01. The minimum Gasteiger partial charge on any atom is -0.330 e. The average molecular weight is 299 g/mol. The molecule has 1 heterocycles. The lowest BCUT2D eigenvalue weighted by atomic mass is 9.67. The summed E-state index contributed by atoms with van der Waals surface area (Å²) in [6, 6.07) is 0. The Bertz CT molecular complexity index is 376. The summed E-state index contributed by atoms with van der Waals surface area (Å²) in [5, 5.41) is 2.72. The summed E-state index contributed by atoms with van der Waals surface area (Å²) in [6.07, 6.45) is 7.10. The molecule has 1 aliphatic rings. The molecule has 19 heavy (non-hydrogen) atoms. The molecule has 0 amide bonds. The van der Waals surface area contributed by atoms with Crippen molar-refractivity contribution in [1.29, 1.82) is 0 Å². The maximum absolute atomic E-state index is 5.98. The van der Waals surface area contributed by atoms with Crippen LogP contribution in [0.15, 0.2) is 15.9 Å². The first-order valence-corrected chi connectivity index (χ1v) is 9.09. The second-order valence-electron chi connectivity index (χ2n) is 6.30. The van der Waals surface area contributed by atoms with E-state index in [4.69, 9.17) is 5.73 Å². The molecule has 1 aromatic rings. The molecule has 0 radical (unpaired) electrons. The molecule has 3 atom stereocenters. The summed E-state index contributed by atoms with van der Waals surface area (Å²) < 4.78 is 1.21. The van der Waals surface area contributed by atoms with E-state index in [0.717, 1.165) is 12.5 Å². The number of nitrogens with zero attached hydrogens (tertiary/aromatic N) is 1. The number of hydrogen-bond acceptors (Lipinski definition) is 4. The molecule has 1 fully saturated rings. The van der Waals surface area contributed by atoms with Crippen LogP contribution in [0, 0.1) is 17.3 Å². The smallest absolute Gasteiger partial charge is 0.150 e. The molecule has 1 aliphatic carbocycles. The fraction of sp³-hybridized carbons (Fsp3) is 0.800. The number of thiazole rings is 1. The minimum absolute atomic E-state index is 0.460. The fourth-order valence-electron chi connectivity index (χ4n) is 3.00. The van der Waals surface area contributed by atoms with Gasteiger partial charge in [0.15, 0.2) is 0 Å². The number of hydrogen-bond donors (Lipinski definition) is 1. The lowest BCUT2D eigenvalue weighted by Gasteiger charge is -2.42. The van der Waals surface area contributed by atoms with Crippen molar-refractivity contribution >= 4 is 23.1 Å². The van der Waals surface area contributed by atoms with Gasteiger partial charge in [-0.05, 0) is 43.1 Å². The van der Waals surface area contributed by atoms with Gasteiger partial charge in [0, 0.05) is 16.8 Å². The SMILES string of the molecule is CCC(C)(C)C1CCC(CN)C(Sc2nccs2)C1. The van der Waals surface area contributed by atoms with Crippen LogP contribution in [-0.4, -0.2) is 16.8 Å². The van der Waals surface area contributed by atoms with Crippen LogP contribution < -0.4 is 5.73 Å². The van der Waals surface area contributed by atoms with Crippen LogP contribution in [0.25, 0.3) is 0 Å². The largest absolute Gasteiger partial charge is 0.330 e. The normalized spacial score (nSPS) is 28.5. The van der Waals surface area contributed by atoms with Crippen molar-refractivity contribution in [2.45, 2.75) is 56.0 Å². The van der Waals surface area contributed by atoms with Crippen LogP contribution >= 0.6 is 23.1 Å². The molecule has 2 rings (SSSR count). The van der Waals surface area contributed by atoms with E-state index in [-0.39, 0.29) is 0 Å². The van der Waals surface area contributed by atoms with E-state index in [2.05, 4.69) is 31.1 Å². The molecular formula is C15H26N2S2. The van der Waals surface area contributed by atoms with Gasteiger partial charge in [-0.15, -0.1) is 11.3 Å². The zero-order valence-electron chi connectivity index (χ0n) is 12.3. The van der Waals surface area contributed by atoms with Gasteiger partial charge < -0.3 is 5.73 Å². The van der Waals surface area contributed by atoms with Gasteiger partial charge in [-0.25, -0.2) is 4.98 Å². The summed E-state index contributed by atoms with van der Waals surface area (Å²) in [5.41, 5.74) is 6.44. The highest BCUT2D eigenvalue weighted by Gasteiger charge is 2.37. The second kappa shape index (κ2) is 6.59. The van der Waals surface area contributed by atoms with Gasteiger partial charge in [0.1, 0.15) is 4.34 Å². The summed E-state index contributed by atoms with van der Waals surface area (Å²) in [5.74, 6) is 1.50. The van der Waals surface area contributed by atoms with Crippen molar-refractivity contribution in [2.75, 3.05) is 6.54 Å². The monoisotopic (exact) mass is 298 g/mol. The maximum Gasteiger partial charge on any atom is 0.150 e. The molecule has 0 saturated heterocycles. The molecule has 1 saturated carbocycles. The van der Waals surface area contributed by atoms with E-state index in [9.17, 15) is 0 Å². The van der Waals surface area contributed by atoms with Gasteiger partial charge in [-0.1, -0.05) is 39.0 Å². The Balaban J connectivity index is 2.04. The molecule has 0 bridgehead atoms. The van der Waals surface area contributed by atoms with Crippen molar-refractivity contribution in [2.24, 2.45) is 23.0 Å². The van der Waals surface area contributed by atoms with Crippen LogP contribution in [0.5, 0.6) is 0 Å². The van der Waals surface area contributed by atoms with Crippen molar-refractivity contribution in [3.8, 4) is 0 Å². The Hall–Kier alpha value is -0.0600. The molecular weight excluding hydrogens is 272 g/mol. The van der Waals surface area contributed by atoms with E-state index in [1.165, 1.54) is 30.0 Å². The third-order valence-electron chi connectivity index (χ3n) is 4.91. The summed E-state index contributed by atoms with van der Waals surface area (Å²) >= 11 is 3.72. The first-order valence-electron chi connectivity index (χ1n) is 7.33.